The lowest BCUT2D eigenvalue weighted by atomic mass is 10.1. The summed E-state index contributed by atoms with van der Waals surface area (Å²) in [6, 6.07) is 12.8. The van der Waals surface area contributed by atoms with Crippen LogP contribution in [-0.4, -0.2) is 41.3 Å². The van der Waals surface area contributed by atoms with Gasteiger partial charge in [-0.2, -0.15) is 5.10 Å². The van der Waals surface area contributed by atoms with E-state index in [-0.39, 0.29) is 17.3 Å². The van der Waals surface area contributed by atoms with Gasteiger partial charge in [-0.3, -0.25) is 15.2 Å². The Bertz CT molecular complexity index is 1060. The number of aliphatic imine (C=N–C) groups is 1. The molecule has 31 heavy (non-hydrogen) atoms. The van der Waals surface area contributed by atoms with Crippen molar-refractivity contribution in [1.82, 2.24) is 15.5 Å². The molecule has 9 heteroatoms. The normalized spacial score (nSPS) is 12.0. The van der Waals surface area contributed by atoms with Gasteiger partial charge in [0, 0.05) is 18.7 Å². The van der Waals surface area contributed by atoms with Crippen molar-refractivity contribution in [3.05, 3.63) is 71.8 Å². The number of rotatable bonds is 6. The first-order valence-electron chi connectivity index (χ1n) is 9.50. The molecule has 3 N–H and O–H groups in total. The third kappa shape index (κ3) is 6.19. The Hall–Kier alpha value is -3.59. The van der Waals surface area contributed by atoms with Crippen LogP contribution < -0.4 is 10.6 Å². The Morgan fingerprint density at radius 1 is 1.10 bits per heavy atom. The topological polar surface area (TPSA) is 91.4 Å². The number of amides is 1. The maximum absolute atomic E-state index is 13.2. The maximum atomic E-state index is 13.2. The Balaban J connectivity index is 1.83. The first kappa shape index (κ1) is 22.1. The second-order valence-electron chi connectivity index (χ2n) is 7.47. The molecule has 1 amide bonds. The van der Waals surface area contributed by atoms with E-state index in [2.05, 4.69) is 25.8 Å². The fourth-order valence-electron chi connectivity index (χ4n) is 2.84. The summed E-state index contributed by atoms with van der Waals surface area (Å²) in [6.45, 7) is 4.00. The zero-order chi connectivity index (χ0) is 22.4. The van der Waals surface area contributed by atoms with Gasteiger partial charge in [-0.05, 0) is 67.9 Å². The smallest absolute Gasteiger partial charge is 0.257 e. The second kappa shape index (κ2) is 9.48. The minimum atomic E-state index is -0.650. The Morgan fingerprint density at radius 2 is 1.71 bits per heavy atom. The van der Waals surface area contributed by atoms with Crippen LogP contribution in [0, 0.1) is 11.6 Å². The average Bonchev–Trinajstić information content (AvgIpc) is 3.17. The molecule has 0 aliphatic carbocycles. The van der Waals surface area contributed by atoms with E-state index in [4.69, 9.17) is 4.74 Å². The minimum Gasteiger partial charge on any atom is -0.382 e. The minimum absolute atomic E-state index is 0.147. The van der Waals surface area contributed by atoms with Gasteiger partial charge in [-0.1, -0.05) is 0 Å². The zero-order valence-electron chi connectivity index (χ0n) is 17.4. The quantitative estimate of drug-likeness (QED) is 0.410. The van der Waals surface area contributed by atoms with Crippen molar-refractivity contribution in [2.45, 2.75) is 19.4 Å². The van der Waals surface area contributed by atoms with Crippen LogP contribution in [0.25, 0.3) is 11.3 Å². The molecule has 0 saturated carbocycles. The summed E-state index contributed by atoms with van der Waals surface area (Å²) < 4.78 is 31.5. The van der Waals surface area contributed by atoms with Gasteiger partial charge in [0.15, 0.2) is 5.82 Å². The van der Waals surface area contributed by atoms with Crippen LogP contribution in [-0.2, 0) is 4.74 Å². The molecule has 0 bridgehead atoms. The number of H-pyrrole nitrogens is 1. The van der Waals surface area contributed by atoms with Crippen molar-refractivity contribution in [3.63, 3.8) is 0 Å². The van der Waals surface area contributed by atoms with Crippen LogP contribution in [0.3, 0.4) is 0 Å². The molecular formula is C22H23F2N5O2. The number of ether oxygens (including phenoxy) is 1. The molecule has 162 valence electrons. The van der Waals surface area contributed by atoms with Gasteiger partial charge in [-0.15, -0.1) is 0 Å². The zero-order valence-corrected chi connectivity index (χ0v) is 17.4. The Kier molecular flexibility index (Phi) is 6.76. The summed E-state index contributed by atoms with van der Waals surface area (Å²) in [5, 5.41) is 12.7. The van der Waals surface area contributed by atoms with E-state index in [0.717, 1.165) is 5.56 Å². The maximum Gasteiger partial charge on any atom is 0.257 e. The van der Waals surface area contributed by atoms with Crippen LogP contribution >= 0.6 is 0 Å². The van der Waals surface area contributed by atoms with Crippen molar-refractivity contribution in [2.75, 3.05) is 19.0 Å². The molecule has 2 aromatic carbocycles. The number of aromatic nitrogens is 2. The van der Waals surface area contributed by atoms with Crippen LogP contribution in [0.4, 0.5) is 14.6 Å². The number of carbonyl (C=O) groups excluding carboxylic acids is 1. The molecule has 7 nitrogen and oxygen atoms in total. The van der Waals surface area contributed by atoms with Crippen molar-refractivity contribution < 1.29 is 18.3 Å². The fraction of sp³-hybridized carbons (Fsp3) is 0.227. The van der Waals surface area contributed by atoms with Crippen molar-refractivity contribution in [1.29, 1.82) is 0 Å². The highest BCUT2D eigenvalue weighted by atomic mass is 19.1. The molecule has 0 aliphatic rings. The average molecular weight is 427 g/mol. The number of nitrogens with one attached hydrogen (secondary N) is 3. The Labute approximate surface area is 178 Å². The molecule has 0 radical (unpaired) electrons. The summed E-state index contributed by atoms with van der Waals surface area (Å²) in [7, 11) is 1.56. The van der Waals surface area contributed by atoms with Crippen LogP contribution in [0.2, 0.25) is 0 Å². The standard InChI is InChI=1S/C22H23F2N5O2/c1-22(2,13-31-3)27-21(26-20(30)15-6-10-17(24)11-7-15)25-19-12-18(28-29-19)14-4-8-16(23)9-5-14/h4-12H,13H2,1-3H3,(H3,25,26,27,28,29,30). The summed E-state index contributed by atoms with van der Waals surface area (Å²) in [5.41, 5.74) is 1.02. The van der Waals surface area contributed by atoms with Crippen molar-refractivity contribution in [3.8, 4) is 11.3 Å². The fourth-order valence-corrected chi connectivity index (χ4v) is 2.84. The van der Waals surface area contributed by atoms with Crippen LogP contribution in [0.5, 0.6) is 0 Å². The Morgan fingerprint density at radius 3 is 2.32 bits per heavy atom. The summed E-state index contributed by atoms with van der Waals surface area (Å²) >= 11 is 0. The predicted molar refractivity (Wildman–Crippen MR) is 115 cm³/mol. The number of hydrogen-bond acceptors (Lipinski definition) is 4. The number of nitrogens with zero attached hydrogens (tertiary/aromatic N) is 2. The molecule has 0 saturated heterocycles. The largest absolute Gasteiger partial charge is 0.382 e. The molecule has 1 aromatic heterocycles. The van der Waals surface area contributed by atoms with Gasteiger partial charge in [0.2, 0.25) is 5.96 Å². The number of anilines is 1. The lowest BCUT2D eigenvalue weighted by Gasteiger charge is -2.21. The summed E-state index contributed by atoms with van der Waals surface area (Å²) in [5.74, 6) is -0.692. The number of aromatic amines is 1. The van der Waals surface area contributed by atoms with E-state index >= 15 is 0 Å². The molecule has 0 fully saturated rings. The molecule has 0 aliphatic heterocycles. The monoisotopic (exact) mass is 427 g/mol. The molecule has 3 aromatic rings. The van der Waals surface area contributed by atoms with Gasteiger partial charge < -0.3 is 10.1 Å². The first-order chi connectivity index (χ1) is 14.8. The molecule has 0 atom stereocenters. The van der Waals surface area contributed by atoms with E-state index in [1.165, 1.54) is 36.4 Å². The first-order valence-corrected chi connectivity index (χ1v) is 9.50. The van der Waals surface area contributed by atoms with E-state index in [1.54, 1.807) is 25.3 Å². The van der Waals surface area contributed by atoms with E-state index in [0.29, 0.717) is 18.1 Å². The molecule has 0 unspecified atom stereocenters. The van der Waals surface area contributed by atoms with Crippen LogP contribution in [0.15, 0.2) is 59.6 Å². The van der Waals surface area contributed by atoms with Gasteiger partial charge in [-0.25, -0.2) is 13.8 Å². The second-order valence-corrected chi connectivity index (χ2v) is 7.47. The third-order valence-corrected chi connectivity index (χ3v) is 4.23. The van der Waals surface area contributed by atoms with Gasteiger partial charge in [0.1, 0.15) is 11.6 Å². The number of methoxy groups -OCH3 is 1. The van der Waals surface area contributed by atoms with Crippen molar-refractivity contribution >= 4 is 17.7 Å². The van der Waals surface area contributed by atoms with E-state index in [9.17, 15) is 13.6 Å². The van der Waals surface area contributed by atoms with Gasteiger partial charge >= 0.3 is 0 Å². The number of benzene rings is 2. The van der Waals surface area contributed by atoms with Gasteiger partial charge in [0.25, 0.3) is 5.91 Å². The molecular weight excluding hydrogens is 404 g/mol. The van der Waals surface area contributed by atoms with Gasteiger partial charge in [0.05, 0.1) is 17.8 Å². The highest BCUT2D eigenvalue weighted by Gasteiger charge is 2.20. The molecule has 1 heterocycles. The number of hydrogen-bond donors (Lipinski definition) is 3. The number of halogens is 2. The lowest BCUT2D eigenvalue weighted by Crippen LogP contribution is -2.39. The summed E-state index contributed by atoms with van der Waals surface area (Å²) in [6.07, 6.45) is 0. The SMILES string of the molecule is COCC(C)(C)N=C(NC(=O)c1ccc(F)cc1)Nc1cc(-c2ccc(F)cc2)[nH]n1. The lowest BCUT2D eigenvalue weighted by molar-refractivity contribution is 0.0976. The van der Waals surface area contributed by atoms with E-state index < -0.39 is 17.3 Å². The highest BCUT2D eigenvalue weighted by molar-refractivity contribution is 6.09. The number of guanidine groups is 1. The number of carbonyl (C=O) groups is 1. The molecule has 0 spiro atoms. The van der Waals surface area contributed by atoms with Crippen molar-refractivity contribution in [2.24, 2.45) is 4.99 Å². The summed E-state index contributed by atoms with van der Waals surface area (Å²) in [4.78, 5) is 17.2. The predicted octanol–water partition coefficient (Wildman–Crippen LogP) is 3.98. The van der Waals surface area contributed by atoms with Crippen LogP contribution in [0.1, 0.15) is 24.2 Å². The highest BCUT2D eigenvalue weighted by Crippen LogP contribution is 2.20. The molecule has 3 rings (SSSR count). The third-order valence-electron chi connectivity index (χ3n) is 4.23. The van der Waals surface area contributed by atoms with E-state index in [1.807, 2.05) is 13.8 Å².